The number of nitro groups is 1. The van der Waals surface area contributed by atoms with Crippen LogP contribution in [0.5, 0.6) is 5.75 Å². The molecule has 2 aromatic rings. The van der Waals surface area contributed by atoms with Gasteiger partial charge in [0.25, 0.3) is 11.6 Å². The fraction of sp³-hybridized carbons (Fsp3) is 0.348. The van der Waals surface area contributed by atoms with E-state index in [0.717, 1.165) is 25.0 Å². The molecule has 0 saturated heterocycles. The number of unbranched alkanes of at least 4 members (excludes halogenated alkanes) is 3. The summed E-state index contributed by atoms with van der Waals surface area (Å²) < 4.78 is 5.48. The van der Waals surface area contributed by atoms with Gasteiger partial charge in [0.15, 0.2) is 11.3 Å². The summed E-state index contributed by atoms with van der Waals surface area (Å²) in [7, 11) is 1.50. The molecule has 1 amide bonds. The topological polar surface area (TPSA) is 109 Å². The number of fused-ring (bicyclic) bond motifs is 2. The van der Waals surface area contributed by atoms with E-state index < -0.39 is 11.1 Å². The zero-order valence-corrected chi connectivity index (χ0v) is 19.3. The Hall–Kier alpha value is -3.40. The minimum atomic E-state index is -0.786. The third-order valence-electron chi connectivity index (χ3n) is 5.45. The summed E-state index contributed by atoms with van der Waals surface area (Å²) in [5.41, 5.74) is 0.733. The Labute approximate surface area is 195 Å². The quantitative estimate of drug-likeness (QED) is 0.363. The second-order valence-corrected chi connectivity index (χ2v) is 8.75. The van der Waals surface area contributed by atoms with Crippen LogP contribution in [0.1, 0.15) is 44.3 Å². The van der Waals surface area contributed by atoms with Crippen molar-refractivity contribution in [3.05, 3.63) is 68.7 Å². The smallest absolute Gasteiger partial charge is 0.276 e. The van der Waals surface area contributed by atoms with Crippen molar-refractivity contribution in [1.29, 1.82) is 0 Å². The van der Waals surface area contributed by atoms with Crippen molar-refractivity contribution in [1.82, 2.24) is 10.3 Å². The van der Waals surface area contributed by atoms with Crippen LogP contribution < -0.4 is 20.6 Å². The Kier molecular flexibility index (Phi) is 6.93. The Bertz CT molecular complexity index is 1230. The monoisotopic (exact) mass is 467 g/mol. The van der Waals surface area contributed by atoms with Gasteiger partial charge in [-0.3, -0.25) is 25.2 Å². The maximum absolute atomic E-state index is 13.2. The highest BCUT2D eigenvalue weighted by molar-refractivity contribution is 8.13. The van der Waals surface area contributed by atoms with Gasteiger partial charge in [-0.25, -0.2) is 5.01 Å². The average Bonchev–Trinajstić information content (AvgIpc) is 2.82. The van der Waals surface area contributed by atoms with Crippen LogP contribution in [0.15, 0.2) is 52.6 Å². The number of para-hydroxylation sites is 1. The zero-order valence-electron chi connectivity index (χ0n) is 18.5. The lowest BCUT2D eigenvalue weighted by molar-refractivity contribution is -0.385. The number of ether oxygens (including phenoxy) is 1. The first-order valence-corrected chi connectivity index (χ1v) is 11.8. The zero-order chi connectivity index (χ0) is 23.4. The molecule has 33 heavy (non-hydrogen) atoms. The molecule has 1 N–H and O–H groups in total. The molecule has 0 aliphatic carbocycles. The predicted molar refractivity (Wildman–Crippen MR) is 127 cm³/mol. The van der Waals surface area contributed by atoms with Crippen molar-refractivity contribution in [2.75, 3.05) is 12.9 Å². The Morgan fingerprint density at radius 3 is 2.79 bits per heavy atom. The van der Waals surface area contributed by atoms with Crippen LogP contribution in [0.2, 0.25) is 0 Å². The van der Waals surface area contributed by atoms with E-state index in [4.69, 9.17) is 14.8 Å². The SMILES string of the molecule is CCCCCCSC1=NN2C(=c3ccccc3=N[C@H]2c2cc([N+](=O)[O-])ccc2OC)C(=O)N1. The number of amidine groups is 1. The minimum absolute atomic E-state index is 0.0858. The molecule has 1 atom stereocenters. The predicted octanol–water partition coefficient (Wildman–Crippen LogP) is 3.06. The number of non-ortho nitro benzene ring substituents is 1. The number of nitrogens with one attached hydrogen (secondary N) is 1. The summed E-state index contributed by atoms with van der Waals surface area (Å²) in [5, 5.41) is 22.3. The lowest BCUT2D eigenvalue weighted by Gasteiger charge is -2.34. The number of hydrogen-bond donors (Lipinski definition) is 1. The standard InChI is InChI=1S/C23H25N5O4S/c1-3-4-5-8-13-33-23-25-22(29)20-16-9-6-7-10-18(16)24-21(27(20)26-23)17-14-15(28(30)31)11-12-19(17)32-2/h6-7,9-12,14,21H,3-5,8,13H2,1-2H3,(H,25,26,29)/t21-/m1/s1. The van der Waals surface area contributed by atoms with Crippen LogP contribution in [-0.4, -0.2) is 33.9 Å². The highest BCUT2D eigenvalue weighted by atomic mass is 32.2. The van der Waals surface area contributed by atoms with Crippen LogP contribution in [0.25, 0.3) is 5.70 Å². The van der Waals surface area contributed by atoms with Gasteiger partial charge in [-0.15, -0.1) is 5.10 Å². The molecule has 0 spiro atoms. The van der Waals surface area contributed by atoms with E-state index in [2.05, 4.69) is 12.2 Å². The average molecular weight is 468 g/mol. The lowest BCUT2D eigenvalue weighted by atomic mass is 10.1. The molecule has 2 aliphatic heterocycles. The number of rotatable bonds is 8. The number of nitrogens with zero attached hydrogens (tertiary/aromatic N) is 4. The van der Waals surface area contributed by atoms with Gasteiger partial charge >= 0.3 is 0 Å². The van der Waals surface area contributed by atoms with Gasteiger partial charge in [0.2, 0.25) is 0 Å². The molecule has 2 heterocycles. The summed E-state index contributed by atoms with van der Waals surface area (Å²) in [6.07, 6.45) is 3.70. The van der Waals surface area contributed by atoms with E-state index in [-0.39, 0.29) is 11.6 Å². The largest absolute Gasteiger partial charge is 0.496 e. The first-order valence-electron chi connectivity index (χ1n) is 10.8. The minimum Gasteiger partial charge on any atom is -0.496 e. The second-order valence-electron chi connectivity index (χ2n) is 7.66. The molecule has 0 unspecified atom stereocenters. The van der Waals surface area contributed by atoms with E-state index in [9.17, 15) is 14.9 Å². The number of nitro benzene ring substituents is 1. The van der Waals surface area contributed by atoms with E-state index in [1.807, 2.05) is 24.3 Å². The van der Waals surface area contributed by atoms with Crippen LogP contribution in [0.3, 0.4) is 0 Å². The molecule has 10 heteroatoms. The fourth-order valence-corrected chi connectivity index (χ4v) is 4.68. The number of amides is 1. The number of methoxy groups -OCH3 is 1. The van der Waals surface area contributed by atoms with Gasteiger partial charge in [0.05, 0.1) is 17.4 Å². The molecule has 0 saturated carbocycles. The third kappa shape index (κ3) is 4.70. The molecule has 0 aromatic heterocycles. The van der Waals surface area contributed by atoms with Crippen molar-refractivity contribution in [2.24, 2.45) is 10.1 Å². The molecule has 2 aliphatic rings. The number of carbonyl (C=O) groups is 1. The van der Waals surface area contributed by atoms with Crippen molar-refractivity contribution < 1.29 is 14.5 Å². The molecule has 172 valence electrons. The molecule has 4 rings (SSSR count). The van der Waals surface area contributed by atoms with Gasteiger partial charge in [-0.05, 0) is 18.6 Å². The van der Waals surface area contributed by atoms with Crippen LogP contribution in [0, 0.1) is 10.1 Å². The van der Waals surface area contributed by atoms with Gasteiger partial charge in [0.1, 0.15) is 11.4 Å². The lowest BCUT2D eigenvalue weighted by Crippen LogP contribution is -2.50. The molecule has 2 aromatic carbocycles. The van der Waals surface area contributed by atoms with E-state index in [1.165, 1.54) is 37.4 Å². The summed E-state index contributed by atoms with van der Waals surface area (Å²) in [5.74, 6) is 0.988. The van der Waals surface area contributed by atoms with Crippen LogP contribution in [-0.2, 0) is 4.79 Å². The summed E-state index contributed by atoms with van der Waals surface area (Å²) in [6, 6.07) is 11.7. The van der Waals surface area contributed by atoms with Crippen molar-refractivity contribution >= 4 is 34.2 Å². The first-order chi connectivity index (χ1) is 16.0. The summed E-state index contributed by atoms with van der Waals surface area (Å²) in [6.45, 7) is 2.16. The maximum Gasteiger partial charge on any atom is 0.276 e. The van der Waals surface area contributed by atoms with Crippen molar-refractivity contribution in [2.45, 2.75) is 38.8 Å². The van der Waals surface area contributed by atoms with E-state index in [0.29, 0.717) is 32.8 Å². The molecule has 9 nitrogen and oxygen atoms in total. The fourth-order valence-electron chi connectivity index (χ4n) is 3.83. The normalized spacial score (nSPS) is 16.8. The number of hydrazone groups is 1. The van der Waals surface area contributed by atoms with Gasteiger partial charge in [-0.2, -0.15) is 0 Å². The Morgan fingerprint density at radius 2 is 2.03 bits per heavy atom. The number of thioether (sulfide) groups is 1. The van der Waals surface area contributed by atoms with Crippen LogP contribution >= 0.6 is 11.8 Å². The van der Waals surface area contributed by atoms with Crippen molar-refractivity contribution in [3.63, 3.8) is 0 Å². The summed E-state index contributed by atoms with van der Waals surface area (Å²) >= 11 is 1.49. The Balaban J connectivity index is 1.79. The van der Waals surface area contributed by atoms with Gasteiger partial charge < -0.3 is 4.74 Å². The third-order valence-corrected chi connectivity index (χ3v) is 6.40. The Morgan fingerprint density at radius 1 is 1.21 bits per heavy atom. The van der Waals surface area contributed by atoms with Gasteiger partial charge in [0, 0.05) is 28.7 Å². The molecule has 0 bridgehead atoms. The van der Waals surface area contributed by atoms with Gasteiger partial charge in [-0.1, -0.05) is 56.1 Å². The molecule has 0 fully saturated rings. The number of hydrogen-bond acceptors (Lipinski definition) is 8. The first kappa shape index (κ1) is 22.8. The van der Waals surface area contributed by atoms with Crippen LogP contribution in [0.4, 0.5) is 5.69 Å². The van der Waals surface area contributed by atoms with E-state index in [1.54, 1.807) is 11.1 Å². The second kappa shape index (κ2) is 10.0. The molecular formula is C23H25N5O4S. The van der Waals surface area contributed by atoms with Crippen molar-refractivity contribution in [3.8, 4) is 5.75 Å². The molecular weight excluding hydrogens is 442 g/mol. The number of carbonyl (C=O) groups excluding carboxylic acids is 1. The summed E-state index contributed by atoms with van der Waals surface area (Å²) in [4.78, 5) is 29.0. The molecule has 0 radical (unpaired) electrons. The highest BCUT2D eigenvalue weighted by Crippen LogP contribution is 2.37. The number of benzene rings is 2. The van der Waals surface area contributed by atoms with E-state index >= 15 is 0 Å². The maximum atomic E-state index is 13.2. The highest BCUT2D eigenvalue weighted by Gasteiger charge is 2.36.